The van der Waals surface area contributed by atoms with Crippen molar-refractivity contribution < 1.29 is 13.2 Å². The second kappa shape index (κ2) is 7.28. The van der Waals surface area contributed by atoms with Crippen molar-refractivity contribution in [2.24, 2.45) is 18.1 Å². The highest BCUT2D eigenvalue weighted by Crippen LogP contribution is 2.36. The Hall–Kier alpha value is -2.45. The van der Waals surface area contributed by atoms with E-state index in [-0.39, 0.29) is 18.3 Å². The summed E-state index contributed by atoms with van der Waals surface area (Å²) in [5, 5.41) is 14.0. The first-order valence-corrected chi connectivity index (χ1v) is 8.82. The highest BCUT2D eigenvalue weighted by atomic mass is 19.4. The largest absolute Gasteiger partial charge is 0.389 e. The molecule has 3 heterocycles. The zero-order valence-electron chi connectivity index (χ0n) is 15.8. The van der Waals surface area contributed by atoms with E-state index in [1.807, 2.05) is 33.0 Å². The standard InChI is InChI=1S/C18H23F3N6/c1-11-5-6-15(17-12(2)24-25-27(17)4)23-16(11)14(7-8-18(19,20)21)13-9-22-26(3)10-13/h5-6,9,13-14H,7-8,10H2,1-4H3. The lowest BCUT2D eigenvalue weighted by Gasteiger charge is -2.24. The average Bonchev–Trinajstić information content (AvgIpc) is 3.14. The van der Waals surface area contributed by atoms with E-state index in [9.17, 15) is 13.2 Å². The molecule has 0 aliphatic carbocycles. The number of aryl methyl sites for hydroxylation is 3. The van der Waals surface area contributed by atoms with Crippen LogP contribution in [-0.2, 0) is 7.05 Å². The second-order valence-electron chi connectivity index (χ2n) is 7.07. The predicted octanol–water partition coefficient (Wildman–Crippen LogP) is 3.47. The molecule has 1 aliphatic heterocycles. The highest BCUT2D eigenvalue weighted by Gasteiger charge is 2.34. The van der Waals surface area contributed by atoms with Crippen LogP contribution in [0.5, 0.6) is 0 Å². The molecule has 2 atom stereocenters. The van der Waals surface area contributed by atoms with Crippen molar-refractivity contribution in [1.29, 1.82) is 0 Å². The highest BCUT2D eigenvalue weighted by molar-refractivity contribution is 5.65. The molecule has 0 fully saturated rings. The third-order valence-corrected chi connectivity index (χ3v) is 4.91. The van der Waals surface area contributed by atoms with Gasteiger partial charge in [0.1, 0.15) is 5.69 Å². The summed E-state index contributed by atoms with van der Waals surface area (Å²) >= 11 is 0. The molecule has 0 aromatic carbocycles. The molecule has 6 nitrogen and oxygen atoms in total. The SMILES string of the molecule is Cc1ccc(-c2c(C)nnn2C)nc1C(CCC(F)(F)F)C1C=NN(C)C1. The van der Waals surface area contributed by atoms with E-state index >= 15 is 0 Å². The van der Waals surface area contributed by atoms with Crippen molar-refractivity contribution in [3.63, 3.8) is 0 Å². The van der Waals surface area contributed by atoms with Crippen molar-refractivity contribution in [2.75, 3.05) is 13.6 Å². The average molecular weight is 380 g/mol. The summed E-state index contributed by atoms with van der Waals surface area (Å²) < 4.78 is 40.4. The molecule has 0 saturated heterocycles. The Labute approximate surface area is 156 Å². The smallest absolute Gasteiger partial charge is 0.300 e. The van der Waals surface area contributed by atoms with Gasteiger partial charge in [0.15, 0.2) is 0 Å². The van der Waals surface area contributed by atoms with E-state index in [1.54, 1.807) is 23.0 Å². The van der Waals surface area contributed by atoms with Crippen LogP contribution < -0.4 is 0 Å². The molecule has 27 heavy (non-hydrogen) atoms. The van der Waals surface area contributed by atoms with E-state index in [2.05, 4.69) is 15.4 Å². The molecule has 0 radical (unpaired) electrons. The molecule has 3 rings (SSSR count). The van der Waals surface area contributed by atoms with Crippen molar-refractivity contribution in [3.05, 3.63) is 29.1 Å². The molecule has 9 heteroatoms. The number of hydrogen-bond acceptors (Lipinski definition) is 5. The number of pyridine rings is 1. The summed E-state index contributed by atoms with van der Waals surface area (Å²) in [6.45, 7) is 4.31. The predicted molar refractivity (Wildman–Crippen MR) is 96.4 cm³/mol. The molecule has 0 saturated carbocycles. The van der Waals surface area contributed by atoms with Gasteiger partial charge in [-0.25, -0.2) is 4.68 Å². The molecule has 0 spiro atoms. The maximum atomic E-state index is 12.9. The van der Waals surface area contributed by atoms with Crippen LogP contribution >= 0.6 is 0 Å². The Bertz CT molecular complexity index is 823. The van der Waals surface area contributed by atoms with Gasteiger partial charge in [-0.05, 0) is 31.9 Å². The van der Waals surface area contributed by atoms with Gasteiger partial charge in [-0.3, -0.25) is 9.99 Å². The van der Waals surface area contributed by atoms with Crippen LogP contribution in [0, 0.1) is 19.8 Å². The molecule has 0 N–H and O–H groups in total. The zero-order chi connectivity index (χ0) is 19.8. The maximum absolute atomic E-state index is 12.9. The minimum absolute atomic E-state index is 0.0199. The van der Waals surface area contributed by atoms with Gasteiger partial charge >= 0.3 is 6.18 Å². The number of rotatable bonds is 5. The molecule has 0 amide bonds. The van der Waals surface area contributed by atoms with Gasteiger partial charge in [0.2, 0.25) is 0 Å². The fraction of sp³-hybridized carbons (Fsp3) is 0.556. The van der Waals surface area contributed by atoms with E-state index < -0.39 is 12.6 Å². The van der Waals surface area contributed by atoms with Crippen LogP contribution in [0.2, 0.25) is 0 Å². The van der Waals surface area contributed by atoms with Crippen LogP contribution in [0.25, 0.3) is 11.4 Å². The van der Waals surface area contributed by atoms with E-state index in [1.165, 1.54) is 0 Å². The number of halogens is 3. The Morgan fingerprint density at radius 2 is 1.96 bits per heavy atom. The molecular formula is C18H23F3N6. The monoisotopic (exact) mass is 380 g/mol. The lowest BCUT2D eigenvalue weighted by atomic mass is 9.84. The summed E-state index contributed by atoms with van der Waals surface area (Å²) in [7, 11) is 3.59. The van der Waals surface area contributed by atoms with Gasteiger partial charge in [-0.1, -0.05) is 11.3 Å². The van der Waals surface area contributed by atoms with E-state index in [0.717, 1.165) is 17.0 Å². The molecular weight excluding hydrogens is 357 g/mol. The third-order valence-electron chi connectivity index (χ3n) is 4.91. The molecule has 2 unspecified atom stereocenters. The zero-order valence-corrected chi connectivity index (χ0v) is 15.8. The Kier molecular flexibility index (Phi) is 5.21. The summed E-state index contributed by atoms with van der Waals surface area (Å²) in [4.78, 5) is 4.76. The normalized spacial score (nSPS) is 18.3. The number of hydrazone groups is 1. The molecule has 2 aromatic heterocycles. The third kappa shape index (κ3) is 4.28. The summed E-state index contributed by atoms with van der Waals surface area (Å²) in [6.07, 6.45) is -3.32. The van der Waals surface area contributed by atoms with Crippen molar-refractivity contribution in [3.8, 4) is 11.4 Å². The molecule has 1 aliphatic rings. The van der Waals surface area contributed by atoms with E-state index in [0.29, 0.717) is 17.9 Å². The minimum Gasteiger partial charge on any atom is -0.300 e. The number of hydrogen-bond donors (Lipinski definition) is 0. The van der Waals surface area contributed by atoms with Crippen LogP contribution in [0.3, 0.4) is 0 Å². The van der Waals surface area contributed by atoms with E-state index in [4.69, 9.17) is 4.98 Å². The quantitative estimate of drug-likeness (QED) is 0.797. The van der Waals surface area contributed by atoms with Crippen LogP contribution in [0.1, 0.15) is 35.7 Å². The van der Waals surface area contributed by atoms with Gasteiger partial charge in [0.05, 0.1) is 11.4 Å². The molecule has 146 valence electrons. The van der Waals surface area contributed by atoms with Crippen molar-refractivity contribution >= 4 is 6.21 Å². The van der Waals surface area contributed by atoms with Crippen LogP contribution in [0.15, 0.2) is 17.2 Å². The van der Waals surface area contributed by atoms with Crippen LogP contribution in [-0.4, -0.2) is 51.0 Å². The van der Waals surface area contributed by atoms with Crippen molar-refractivity contribution in [2.45, 2.75) is 38.8 Å². The topological polar surface area (TPSA) is 59.2 Å². The fourth-order valence-electron chi connectivity index (χ4n) is 3.57. The Balaban J connectivity index is 2.00. The fourth-order valence-corrected chi connectivity index (χ4v) is 3.57. The number of aromatic nitrogens is 4. The lowest BCUT2D eigenvalue weighted by molar-refractivity contribution is -0.136. The first kappa shape index (κ1) is 19.3. The Morgan fingerprint density at radius 3 is 2.52 bits per heavy atom. The van der Waals surface area contributed by atoms with Gasteiger partial charge in [0.25, 0.3) is 0 Å². The minimum atomic E-state index is -4.20. The lowest BCUT2D eigenvalue weighted by Crippen LogP contribution is -2.24. The first-order valence-electron chi connectivity index (χ1n) is 8.82. The summed E-state index contributed by atoms with van der Waals surface area (Å²) in [5.74, 6) is -0.466. The number of nitrogens with zero attached hydrogens (tertiary/aromatic N) is 6. The van der Waals surface area contributed by atoms with Crippen LogP contribution in [0.4, 0.5) is 13.2 Å². The Morgan fingerprint density at radius 1 is 1.22 bits per heavy atom. The first-order chi connectivity index (χ1) is 12.7. The second-order valence-corrected chi connectivity index (χ2v) is 7.07. The van der Waals surface area contributed by atoms with Gasteiger partial charge in [0, 0.05) is 50.8 Å². The van der Waals surface area contributed by atoms with Gasteiger partial charge in [-0.2, -0.15) is 18.3 Å². The molecule has 0 bridgehead atoms. The van der Waals surface area contributed by atoms with Gasteiger partial charge < -0.3 is 0 Å². The molecule has 2 aromatic rings. The van der Waals surface area contributed by atoms with Crippen molar-refractivity contribution in [1.82, 2.24) is 25.0 Å². The number of alkyl halides is 3. The van der Waals surface area contributed by atoms with Gasteiger partial charge in [-0.15, -0.1) is 5.10 Å². The summed E-state index contributed by atoms with van der Waals surface area (Å²) in [5.41, 5.74) is 3.73. The summed E-state index contributed by atoms with van der Waals surface area (Å²) in [6, 6.07) is 3.76. The maximum Gasteiger partial charge on any atom is 0.389 e.